The predicted molar refractivity (Wildman–Crippen MR) is 67.4 cm³/mol. The van der Waals surface area contributed by atoms with E-state index in [2.05, 4.69) is 15.5 Å². The number of aliphatic hydroxyl groups excluding tert-OH is 1. The summed E-state index contributed by atoms with van der Waals surface area (Å²) in [5, 5.41) is 37.3. The molecule has 0 fully saturated rings. The fourth-order valence-electron chi connectivity index (χ4n) is 1.31. The summed E-state index contributed by atoms with van der Waals surface area (Å²) in [4.78, 5) is 32.5. The Morgan fingerprint density at radius 2 is 1.95 bits per heavy atom. The Morgan fingerprint density at radius 3 is 2.50 bits per heavy atom. The maximum Gasteiger partial charge on any atom is 0.328 e. The zero-order chi connectivity index (χ0) is 16.7. The number of carbonyl (C=O) groups excluding carboxylic acids is 1. The number of carboxylic acid groups (broad SMARTS) is 2. The van der Waals surface area contributed by atoms with Crippen molar-refractivity contribution in [2.24, 2.45) is 5.73 Å². The Labute approximate surface area is 123 Å². The topological polar surface area (TPSA) is 201 Å². The largest absolute Gasteiger partial charge is 0.481 e. The SMILES string of the molecule is N[C@@H](CC(=O)O)c1nnc(CNC(=O)NC(CO)C(=O)O)o1. The molecule has 12 nitrogen and oxygen atoms in total. The zero-order valence-electron chi connectivity index (χ0n) is 11.2. The number of nitrogens with zero attached hydrogens (tertiary/aromatic N) is 2. The molecule has 0 aliphatic heterocycles. The molecule has 1 unspecified atom stereocenters. The van der Waals surface area contributed by atoms with Gasteiger partial charge in [-0.1, -0.05) is 0 Å². The highest BCUT2D eigenvalue weighted by Gasteiger charge is 2.20. The summed E-state index contributed by atoms with van der Waals surface area (Å²) < 4.78 is 5.06. The van der Waals surface area contributed by atoms with Crippen molar-refractivity contribution in [3.63, 3.8) is 0 Å². The average molecular weight is 317 g/mol. The van der Waals surface area contributed by atoms with Crippen LogP contribution in [0.1, 0.15) is 24.2 Å². The van der Waals surface area contributed by atoms with Gasteiger partial charge in [-0.2, -0.15) is 0 Å². The van der Waals surface area contributed by atoms with E-state index in [0.717, 1.165) is 0 Å². The number of amides is 2. The summed E-state index contributed by atoms with van der Waals surface area (Å²) in [6.45, 7) is -0.992. The smallest absolute Gasteiger partial charge is 0.328 e. The number of carbonyl (C=O) groups is 3. The van der Waals surface area contributed by atoms with Gasteiger partial charge in [0.15, 0.2) is 6.04 Å². The second-order valence-electron chi connectivity index (χ2n) is 4.14. The van der Waals surface area contributed by atoms with Gasteiger partial charge in [-0.05, 0) is 0 Å². The molecule has 0 aliphatic carbocycles. The van der Waals surface area contributed by atoms with Crippen molar-refractivity contribution in [3.05, 3.63) is 11.8 Å². The molecule has 1 heterocycles. The third-order valence-corrected chi connectivity index (χ3v) is 2.38. The van der Waals surface area contributed by atoms with Gasteiger partial charge in [-0.15, -0.1) is 10.2 Å². The Bertz CT molecular complexity index is 546. The molecule has 0 saturated heterocycles. The molecule has 12 heteroatoms. The summed E-state index contributed by atoms with van der Waals surface area (Å²) >= 11 is 0. The van der Waals surface area contributed by atoms with E-state index in [1.807, 2.05) is 5.32 Å². The van der Waals surface area contributed by atoms with Crippen molar-refractivity contribution in [1.82, 2.24) is 20.8 Å². The quantitative estimate of drug-likeness (QED) is 0.305. The first-order valence-electron chi connectivity index (χ1n) is 6.01. The lowest BCUT2D eigenvalue weighted by Crippen LogP contribution is -2.47. The molecule has 2 amide bonds. The van der Waals surface area contributed by atoms with E-state index in [4.69, 9.17) is 25.5 Å². The first-order chi connectivity index (χ1) is 10.3. The zero-order valence-corrected chi connectivity index (χ0v) is 11.2. The maximum atomic E-state index is 11.4. The minimum atomic E-state index is -1.44. The molecule has 22 heavy (non-hydrogen) atoms. The molecule has 0 radical (unpaired) electrons. The van der Waals surface area contributed by atoms with E-state index in [-0.39, 0.29) is 18.3 Å². The number of carboxylic acids is 2. The van der Waals surface area contributed by atoms with Crippen LogP contribution in [-0.4, -0.2) is 56.1 Å². The van der Waals surface area contributed by atoms with E-state index < -0.39 is 43.1 Å². The molecule has 1 rings (SSSR count). The molecule has 2 atom stereocenters. The summed E-state index contributed by atoms with van der Waals surface area (Å²) in [6, 6.07) is -3.28. The van der Waals surface area contributed by atoms with Crippen LogP contribution in [-0.2, 0) is 16.1 Å². The second-order valence-corrected chi connectivity index (χ2v) is 4.14. The van der Waals surface area contributed by atoms with Crippen LogP contribution in [0.2, 0.25) is 0 Å². The summed E-state index contributed by atoms with van der Waals surface area (Å²) in [5.74, 6) is -2.66. The third-order valence-electron chi connectivity index (χ3n) is 2.38. The molecule has 0 aromatic carbocycles. The number of hydrogen-bond donors (Lipinski definition) is 6. The van der Waals surface area contributed by atoms with Gasteiger partial charge >= 0.3 is 18.0 Å². The van der Waals surface area contributed by atoms with E-state index in [1.54, 1.807) is 0 Å². The normalized spacial score (nSPS) is 13.2. The van der Waals surface area contributed by atoms with Crippen LogP contribution in [0.15, 0.2) is 4.42 Å². The van der Waals surface area contributed by atoms with Crippen LogP contribution in [0.3, 0.4) is 0 Å². The third kappa shape index (κ3) is 5.34. The lowest BCUT2D eigenvalue weighted by molar-refractivity contribution is -0.140. The van der Waals surface area contributed by atoms with E-state index >= 15 is 0 Å². The predicted octanol–water partition coefficient (Wildman–Crippen LogP) is -2.21. The van der Waals surface area contributed by atoms with Gasteiger partial charge in [-0.25, -0.2) is 9.59 Å². The van der Waals surface area contributed by atoms with Crippen molar-refractivity contribution in [2.45, 2.75) is 25.0 Å². The van der Waals surface area contributed by atoms with Gasteiger partial charge in [-0.3, -0.25) is 4.79 Å². The number of nitrogens with two attached hydrogens (primary N) is 1. The van der Waals surface area contributed by atoms with Gasteiger partial charge in [0.05, 0.1) is 25.6 Å². The number of aliphatic hydroxyl groups is 1. The number of hydrogen-bond acceptors (Lipinski definition) is 8. The summed E-state index contributed by atoms with van der Waals surface area (Å²) in [6.07, 6.45) is -0.396. The maximum absolute atomic E-state index is 11.4. The molecule has 0 spiro atoms. The van der Waals surface area contributed by atoms with Crippen LogP contribution in [0.4, 0.5) is 4.79 Å². The molecule has 7 N–H and O–H groups in total. The number of urea groups is 1. The first-order valence-corrected chi connectivity index (χ1v) is 6.01. The van der Waals surface area contributed by atoms with Crippen LogP contribution in [0.25, 0.3) is 0 Å². The van der Waals surface area contributed by atoms with Gasteiger partial charge in [0.1, 0.15) is 0 Å². The van der Waals surface area contributed by atoms with Gasteiger partial charge in [0.25, 0.3) is 0 Å². The van der Waals surface area contributed by atoms with Crippen LogP contribution >= 0.6 is 0 Å². The Balaban J connectivity index is 2.48. The second kappa shape index (κ2) is 7.90. The first kappa shape index (κ1) is 17.3. The van der Waals surface area contributed by atoms with E-state index in [0.29, 0.717) is 0 Å². The van der Waals surface area contributed by atoms with Gasteiger partial charge in [0, 0.05) is 0 Å². The Hall–Kier alpha value is -2.73. The highest BCUT2D eigenvalue weighted by atomic mass is 16.4. The van der Waals surface area contributed by atoms with E-state index in [1.165, 1.54) is 0 Å². The number of rotatable bonds is 8. The fourth-order valence-corrected chi connectivity index (χ4v) is 1.31. The van der Waals surface area contributed by atoms with Crippen molar-refractivity contribution in [1.29, 1.82) is 0 Å². The number of aliphatic carboxylic acids is 2. The van der Waals surface area contributed by atoms with Gasteiger partial charge in [0.2, 0.25) is 11.8 Å². The van der Waals surface area contributed by atoms with Crippen molar-refractivity contribution >= 4 is 18.0 Å². The highest BCUT2D eigenvalue weighted by Crippen LogP contribution is 2.12. The molecule has 122 valence electrons. The monoisotopic (exact) mass is 317 g/mol. The van der Waals surface area contributed by atoms with Crippen LogP contribution in [0.5, 0.6) is 0 Å². The molecule has 1 aromatic heterocycles. The number of nitrogens with one attached hydrogen (secondary N) is 2. The fraction of sp³-hybridized carbons (Fsp3) is 0.500. The summed E-state index contributed by atoms with van der Waals surface area (Å²) in [5.41, 5.74) is 5.51. The van der Waals surface area contributed by atoms with Crippen LogP contribution < -0.4 is 16.4 Å². The highest BCUT2D eigenvalue weighted by molar-refractivity contribution is 5.82. The Morgan fingerprint density at radius 1 is 1.27 bits per heavy atom. The lowest BCUT2D eigenvalue weighted by atomic mass is 10.2. The minimum Gasteiger partial charge on any atom is -0.481 e. The van der Waals surface area contributed by atoms with Gasteiger partial charge < -0.3 is 36.1 Å². The molecule has 0 saturated carbocycles. The molecular weight excluding hydrogens is 302 g/mol. The van der Waals surface area contributed by atoms with Crippen molar-refractivity contribution in [3.8, 4) is 0 Å². The molecule has 0 bridgehead atoms. The minimum absolute atomic E-state index is 0.0399. The van der Waals surface area contributed by atoms with Crippen molar-refractivity contribution < 1.29 is 34.1 Å². The van der Waals surface area contributed by atoms with Crippen LogP contribution in [0, 0.1) is 0 Å². The Kier molecular flexibility index (Phi) is 6.22. The lowest BCUT2D eigenvalue weighted by Gasteiger charge is -2.11. The molecular formula is C10H15N5O7. The summed E-state index contributed by atoms with van der Waals surface area (Å²) in [7, 11) is 0. The standard InChI is InChI=1S/C10H15N5O7/c11-4(1-7(17)18)8-15-14-6(22-8)2-12-10(21)13-5(3-16)9(19)20/h4-5,16H,1-3,11H2,(H,17,18)(H,19,20)(H2,12,13,21)/t4-,5?/m0/s1. The van der Waals surface area contributed by atoms with E-state index in [9.17, 15) is 14.4 Å². The molecule has 1 aromatic rings. The van der Waals surface area contributed by atoms with Crippen molar-refractivity contribution in [2.75, 3.05) is 6.61 Å². The number of aromatic nitrogens is 2. The molecule has 0 aliphatic rings. The average Bonchev–Trinajstić information content (AvgIpc) is 2.90.